The summed E-state index contributed by atoms with van der Waals surface area (Å²) in [5.41, 5.74) is 3.05. The normalized spacial score (nSPS) is 12.0. The van der Waals surface area contributed by atoms with Gasteiger partial charge in [0.1, 0.15) is 0 Å². The van der Waals surface area contributed by atoms with Crippen molar-refractivity contribution in [1.29, 1.82) is 0 Å². The van der Waals surface area contributed by atoms with Crippen LogP contribution in [0.4, 0.5) is 5.69 Å². The summed E-state index contributed by atoms with van der Waals surface area (Å²) in [5, 5.41) is 24.7. The van der Waals surface area contributed by atoms with Gasteiger partial charge < -0.3 is 25.0 Å². The molecule has 0 amide bonds. The molecular weight excluding hydrogens is 625 g/mol. The Labute approximate surface area is 287 Å². The first-order valence-corrected chi connectivity index (χ1v) is 18.0. The van der Waals surface area contributed by atoms with Gasteiger partial charge in [-0.3, -0.25) is 0 Å². The lowest BCUT2D eigenvalue weighted by molar-refractivity contribution is 0.0697. The Hall–Kier alpha value is -3.83. The predicted octanol–water partition coefficient (Wildman–Crippen LogP) is 7.66. The summed E-state index contributed by atoms with van der Waals surface area (Å²) in [6, 6.07) is 26.0. The second kappa shape index (κ2) is 19.9. The van der Waals surface area contributed by atoms with Crippen LogP contribution in [0.3, 0.4) is 0 Å². The van der Waals surface area contributed by atoms with Crippen LogP contribution in [0.25, 0.3) is 10.9 Å². The molecule has 10 heteroatoms. The van der Waals surface area contributed by atoms with Gasteiger partial charge >= 0.3 is 16.5 Å². The Bertz CT molecular complexity index is 1660. The molecular formula is C38H52N4O5S. The highest BCUT2D eigenvalue weighted by molar-refractivity contribution is 7.61. The minimum absolute atomic E-state index is 0.278. The number of hydrogen-bond acceptors (Lipinski definition) is 7. The van der Waals surface area contributed by atoms with Crippen LogP contribution in [-0.4, -0.2) is 65.8 Å². The highest BCUT2D eigenvalue weighted by atomic mass is 32.2. The van der Waals surface area contributed by atoms with Gasteiger partial charge in [0.2, 0.25) is 0 Å². The number of aliphatic hydroxyl groups is 1. The molecule has 0 aliphatic carbocycles. The number of aromatic nitrogens is 1. The lowest BCUT2D eigenvalue weighted by Crippen LogP contribution is -2.42. The van der Waals surface area contributed by atoms with E-state index in [9.17, 15) is 23.4 Å². The lowest BCUT2D eigenvalue weighted by atomic mass is 9.99. The minimum atomic E-state index is -2.55. The summed E-state index contributed by atoms with van der Waals surface area (Å²) in [4.78, 5) is 14.2. The lowest BCUT2D eigenvalue weighted by Gasteiger charge is -2.29. The number of rotatable bonds is 18. The molecule has 0 fully saturated rings. The summed E-state index contributed by atoms with van der Waals surface area (Å²) in [6.45, 7) is 12.8. The SMILES string of the molecule is CCCCN(CCCC)CCc1cc2cc(C(=O)O)ccc2n1CCC(C)(C)NCC(O)c1cccc(N=S(=O)=O)c1.c1ccccc1. The van der Waals surface area contributed by atoms with Gasteiger partial charge in [-0.25, -0.2) is 4.79 Å². The highest BCUT2D eigenvalue weighted by Crippen LogP contribution is 2.25. The van der Waals surface area contributed by atoms with Crippen LogP contribution >= 0.6 is 0 Å². The third-order valence-electron chi connectivity index (χ3n) is 8.41. The molecule has 0 saturated heterocycles. The topological polar surface area (TPSA) is 124 Å². The van der Waals surface area contributed by atoms with E-state index in [-0.39, 0.29) is 16.8 Å². The molecule has 1 heterocycles. The van der Waals surface area contributed by atoms with Crippen LogP contribution in [0.5, 0.6) is 0 Å². The number of aryl methyl sites for hydroxylation is 1. The Morgan fingerprint density at radius 1 is 0.917 bits per heavy atom. The van der Waals surface area contributed by atoms with Gasteiger partial charge in [0.05, 0.1) is 17.4 Å². The number of carboxylic acid groups (broad SMARTS) is 1. The van der Waals surface area contributed by atoms with Crippen molar-refractivity contribution in [3.63, 3.8) is 0 Å². The third-order valence-corrected chi connectivity index (χ3v) is 8.77. The predicted molar refractivity (Wildman–Crippen MR) is 194 cm³/mol. The first-order chi connectivity index (χ1) is 23.0. The van der Waals surface area contributed by atoms with E-state index in [1.165, 1.54) is 31.4 Å². The van der Waals surface area contributed by atoms with Crippen LogP contribution in [0.2, 0.25) is 0 Å². The van der Waals surface area contributed by atoms with E-state index in [0.29, 0.717) is 12.1 Å². The van der Waals surface area contributed by atoms with E-state index in [1.54, 1.807) is 36.4 Å². The maximum atomic E-state index is 11.6. The van der Waals surface area contributed by atoms with E-state index in [4.69, 9.17) is 0 Å². The number of nitrogens with one attached hydrogen (secondary N) is 1. The Kier molecular flexibility index (Phi) is 16.0. The maximum Gasteiger partial charge on any atom is 0.335 e. The molecule has 0 bridgehead atoms. The first kappa shape index (κ1) is 38.6. The number of nitrogens with zero attached hydrogens (tertiary/aromatic N) is 3. The van der Waals surface area contributed by atoms with Crippen LogP contribution in [-0.2, 0) is 23.5 Å². The number of aromatic carboxylic acids is 1. The Balaban J connectivity index is 0.000000935. The fraction of sp³-hybridized carbons (Fsp3) is 0.447. The van der Waals surface area contributed by atoms with Crippen molar-refractivity contribution >= 4 is 33.1 Å². The molecule has 0 radical (unpaired) electrons. The smallest absolute Gasteiger partial charge is 0.335 e. The molecule has 1 aromatic heterocycles. The molecule has 4 rings (SSSR count). The van der Waals surface area contributed by atoms with E-state index < -0.39 is 22.6 Å². The van der Waals surface area contributed by atoms with Crippen molar-refractivity contribution in [3.8, 4) is 0 Å². The van der Waals surface area contributed by atoms with E-state index >= 15 is 0 Å². The van der Waals surface area contributed by atoms with Crippen LogP contribution in [0, 0.1) is 0 Å². The summed E-state index contributed by atoms with van der Waals surface area (Å²) >= 11 is 0. The van der Waals surface area contributed by atoms with E-state index in [2.05, 4.69) is 52.9 Å². The number of hydrogen-bond donors (Lipinski definition) is 3. The average Bonchev–Trinajstić information content (AvgIpc) is 3.43. The number of carboxylic acids is 1. The number of carbonyl (C=O) groups is 1. The molecule has 1 unspecified atom stereocenters. The summed E-state index contributed by atoms with van der Waals surface area (Å²) < 4.78 is 27.7. The van der Waals surface area contributed by atoms with Crippen molar-refractivity contribution in [2.45, 2.75) is 84.4 Å². The van der Waals surface area contributed by atoms with Gasteiger partial charge in [0.25, 0.3) is 0 Å². The van der Waals surface area contributed by atoms with Gasteiger partial charge in [-0.1, -0.05) is 75.2 Å². The summed E-state index contributed by atoms with van der Waals surface area (Å²) in [6.07, 6.45) is 5.52. The number of aliphatic hydroxyl groups excluding tert-OH is 1. The van der Waals surface area contributed by atoms with Crippen molar-refractivity contribution in [2.24, 2.45) is 4.36 Å². The summed E-state index contributed by atoms with van der Waals surface area (Å²) in [7, 11) is -2.55. The second-order valence-corrected chi connectivity index (χ2v) is 13.4. The fourth-order valence-electron chi connectivity index (χ4n) is 5.53. The molecule has 48 heavy (non-hydrogen) atoms. The van der Waals surface area contributed by atoms with Crippen molar-refractivity contribution < 1.29 is 23.4 Å². The van der Waals surface area contributed by atoms with Crippen LogP contribution in [0.15, 0.2) is 89.3 Å². The molecule has 0 aliphatic rings. The van der Waals surface area contributed by atoms with Gasteiger partial charge in [0, 0.05) is 48.2 Å². The molecule has 3 aromatic carbocycles. The quantitative estimate of drug-likeness (QED) is 0.0989. The largest absolute Gasteiger partial charge is 0.478 e. The third kappa shape index (κ3) is 13.0. The zero-order chi connectivity index (χ0) is 34.9. The van der Waals surface area contributed by atoms with E-state index in [0.717, 1.165) is 49.9 Å². The summed E-state index contributed by atoms with van der Waals surface area (Å²) in [5.74, 6) is -0.930. The molecule has 3 N–H and O–H groups in total. The number of unbranched alkanes of at least 4 members (excludes halogenated alkanes) is 2. The first-order valence-electron chi connectivity index (χ1n) is 16.9. The van der Waals surface area contributed by atoms with Crippen LogP contribution < -0.4 is 5.32 Å². The molecule has 9 nitrogen and oxygen atoms in total. The molecule has 0 spiro atoms. The Morgan fingerprint density at radius 2 is 1.56 bits per heavy atom. The molecule has 0 saturated carbocycles. The maximum absolute atomic E-state index is 11.6. The fourth-order valence-corrected chi connectivity index (χ4v) is 5.82. The number of fused-ring (bicyclic) bond motifs is 1. The molecule has 0 aliphatic heterocycles. The number of β-amino-alcohol motifs (C(OH)–C–C–N with tert-alkyl or cyclic N) is 1. The van der Waals surface area contributed by atoms with E-state index in [1.807, 2.05) is 42.5 Å². The zero-order valence-corrected chi connectivity index (χ0v) is 29.6. The van der Waals surface area contributed by atoms with Gasteiger partial charge in [-0.2, -0.15) is 8.42 Å². The van der Waals surface area contributed by atoms with Crippen molar-refractivity contribution in [1.82, 2.24) is 14.8 Å². The van der Waals surface area contributed by atoms with Gasteiger partial charge in [-0.15, -0.1) is 4.36 Å². The van der Waals surface area contributed by atoms with Crippen LogP contribution in [0.1, 0.15) is 87.5 Å². The number of benzene rings is 3. The van der Waals surface area contributed by atoms with Gasteiger partial charge in [-0.05, 0) is 88.2 Å². The standard InChI is InChI=1S/C32H46N4O5S.C6H6/c1-5-7-16-35(17-8-6-2)18-14-28-22-26-20-25(31(38)39)12-13-29(26)36(28)19-15-32(3,4)33-23-30(37)24-10-9-11-27(21-24)34-42(40)41;1-2-4-6-5-3-1/h9-13,20-22,30,33,37H,5-8,14-19,23H2,1-4H3,(H,38,39);1-6H. The minimum Gasteiger partial charge on any atom is -0.478 e. The van der Waals surface area contributed by atoms with Crippen molar-refractivity contribution in [3.05, 3.63) is 102 Å². The second-order valence-electron chi connectivity index (χ2n) is 12.8. The molecule has 260 valence electrons. The molecule has 1 atom stereocenters. The zero-order valence-electron chi connectivity index (χ0n) is 28.8. The highest BCUT2D eigenvalue weighted by Gasteiger charge is 2.21. The average molecular weight is 677 g/mol. The van der Waals surface area contributed by atoms with Gasteiger partial charge in [0.15, 0.2) is 0 Å². The van der Waals surface area contributed by atoms with Crippen molar-refractivity contribution in [2.75, 3.05) is 26.2 Å². The monoisotopic (exact) mass is 676 g/mol. The Morgan fingerprint density at radius 3 is 2.15 bits per heavy atom. The molecule has 4 aromatic rings.